The van der Waals surface area contributed by atoms with Crippen LogP contribution in [0.1, 0.15) is 11.1 Å². The highest BCUT2D eigenvalue weighted by Gasteiger charge is 2.15. The monoisotopic (exact) mass is 225 g/mol. The number of hydrogen-bond donors (Lipinski definition) is 1. The highest BCUT2D eigenvalue weighted by molar-refractivity contribution is 5.96. The van der Waals surface area contributed by atoms with Crippen molar-refractivity contribution in [3.05, 3.63) is 53.3 Å². The summed E-state index contributed by atoms with van der Waals surface area (Å²) in [5, 5.41) is 2.32. The fourth-order valence-corrected chi connectivity index (χ4v) is 2.05. The van der Waals surface area contributed by atoms with E-state index in [0.717, 1.165) is 16.5 Å². The molecule has 3 rings (SSSR count). The van der Waals surface area contributed by atoms with Gasteiger partial charge >= 0.3 is 0 Å². The first-order valence-electron chi connectivity index (χ1n) is 5.40. The number of amides is 1. The molecule has 2 aromatic carbocycles. The summed E-state index contributed by atoms with van der Waals surface area (Å²) in [6, 6.07) is 12.2. The molecule has 0 radical (unpaired) electrons. The Morgan fingerprint density at radius 2 is 1.88 bits per heavy atom. The molecule has 3 heteroatoms. The van der Waals surface area contributed by atoms with E-state index in [1.165, 1.54) is 5.39 Å². The van der Waals surface area contributed by atoms with Crippen LogP contribution in [0, 0.1) is 0 Å². The fraction of sp³-hybridized carbons (Fsp3) is 0.0714. The largest absolute Gasteiger partial charge is 0.483 e. The van der Waals surface area contributed by atoms with Crippen LogP contribution in [0.15, 0.2) is 42.2 Å². The number of primary amides is 1. The van der Waals surface area contributed by atoms with E-state index >= 15 is 0 Å². The van der Waals surface area contributed by atoms with Gasteiger partial charge in [-0.05, 0) is 40.1 Å². The molecule has 0 unspecified atom stereocenters. The topological polar surface area (TPSA) is 52.3 Å². The first kappa shape index (κ1) is 9.90. The van der Waals surface area contributed by atoms with Gasteiger partial charge in [-0.3, -0.25) is 4.79 Å². The van der Waals surface area contributed by atoms with Gasteiger partial charge in [0.1, 0.15) is 6.61 Å². The normalized spacial score (nSPS) is 13.8. The summed E-state index contributed by atoms with van der Waals surface area (Å²) in [6.07, 6.45) is 1.70. The molecule has 0 saturated heterocycles. The van der Waals surface area contributed by atoms with Crippen molar-refractivity contribution >= 4 is 22.8 Å². The van der Waals surface area contributed by atoms with Gasteiger partial charge in [0.15, 0.2) is 5.76 Å². The summed E-state index contributed by atoms with van der Waals surface area (Å²) in [4.78, 5) is 11.1. The zero-order chi connectivity index (χ0) is 11.8. The molecule has 3 nitrogen and oxygen atoms in total. The van der Waals surface area contributed by atoms with E-state index < -0.39 is 5.91 Å². The minimum atomic E-state index is -0.524. The lowest BCUT2D eigenvalue weighted by Crippen LogP contribution is -2.18. The maximum absolute atomic E-state index is 11.1. The number of benzene rings is 2. The molecule has 0 spiro atoms. The minimum absolute atomic E-state index is 0.229. The van der Waals surface area contributed by atoms with E-state index in [2.05, 4.69) is 18.2 Å². The number of carbonyl (C=O) groups is 1. The second-order valence-corrected chi connectivity index (χ2v) is 4.06. The van der Waals surface area contributed by atoms with Crippen LogP contribution < -0.4 is 5.73 Å². The Labute approximate surface area is 98.5 Å². The summed E-state index contributed by atoms with van der Waals surface area (Å²) in [5.41, 5.74) is 7.29. The second-order valence-electron chi connectivity index (χ2n) is 4.06. The van der Waals surface area contributed by atoms with Crippen molar-refractivity contribution in [1.29, 1.82) is 0 Å². The number of fused-ring (bicyclic) bond motifs is 2. The molecule has 0 aromatic heterocycles. The van der Waals surface area contributed by atoms with Crippen molar-refractivity contribution in [2.75, 3.05) is 0 Å². The summed E-state index contributed by atoms with van der Waals surface area (Å²) in [6.45, 7) is 0.398. The SMILES string of the molecule is NC(=O)C1=Cc2cc3ccccc3cc2CO1. The molecule has 0 fully saturated rings. The molecule has 1 amide bonds. The molecule has 0 bridgehead atoms. The van der Waals surface area contributed by atoms with Gasteiger partial charge in [-0.15, -0.1) is 0 Å². The smallest absolute Gasteiger partial charge is 0.283 e. The van der Waals surface area contributed by atoms with Gasteiger partial charge in [0.05, 0.1) is 0 Å². The van der Waals surface area contributed by atoms with Gasteiger partial charge in [-0.1, -0.05) is 24.3 Å². The Bertz CT molecular complexity index is 644. The zero-order valence-electron chi connectivity index (χ0n) is 9.14. The van der Waals surface area contributed by atoms with Crippen LogP contribution in [0.5, 0.6) is 0 Å². The van der Waals surface area contributed by atoms with Crippen molar-refractivity contribution in [2.24, 2.45) is 5.73 Å². The van der Waals surface area contributed by atoms with Crippen molar-refractivity contribution in [2.45, 2.75) is 6.61 Å². The Hall–Kier alpha value is -2.29. The Morgan fingerprint density at radius 3 is 2.59 bits per heavy atom. The highest BCUT2D eigenvalue weighted by Crippen LogP contribution is 2.26. The highest BCUT2D eigenvalue weighted by atomic mass is 16.5. The number of rotatable bonds is 1. The average Bonchev–Trinajstić information content (AvgIpc) is 2.35. The predicted molar refractivity (Wildman–Crippen MR) is 65.9 cm³/mol. The van der Waals surface area contributed by atoms with Gasteiger partial charge in [-0.2, -0.15) is 0 Å². The van der Waals surface area contributed by atoms with E-state index in [1.807, 2.05) is 18.2 Å². The van der Waals surface area contributed by atoms with Gasteiger partial charge in [0, 0.05) is 0 Å². The number of hydrogen-bond acceptors (Lipinski definition) is 2. The van der Waals surface area contributed by atoms with Crippen molar-refractivity contribution in [3.8, 4) is 0 Å². The molecule has 1 aliphatic rings. The molecule has 1 aliphatic heterocycles. The van der Waals surface area contributed by atoms with Crippen molar-refractivity contribution < 1.29 is 9.53 Å². The lowest BCUT2D eigenvalue weighted by molar-refractivity contribution is -0.118. The summed E-state index contributed by atoms with van der Waals surface area (Å²) in [5.74, 6) is -0.295. The zero-order valence-corrected chi connectivity index (χ0v) is 9.14. The molecule has 1 heterocycles. The molecule has 2 N–H and O–H groups in total. The third-order valence-corrected chi connectivity index (χ3v) is 2.92. The average molecular weight is 225 g/mol. The molecule has 0 aliphatic carbocycles. The van der Waals surface area contributed by atoms with Crippen LogP contribution in [-0.4, -0.2) is 5.91 Å². The first-order chi connectivity index (χ1) is 8.24. The minimum Gasteiger partial charge on any atom is -0.483 e. The maximum atomic E-state index is 11.1. The fourth-order valence-electron chi connectivity index (χ4n) is 2.05. The van der Waals surface area contributed by atoms with E-state index in [1.54, 1.807) is 6.08 Å². The molecule has 84 valence electrons. The second kappa shape index (κ2) is 3.63. The van der Waals surface area contributed by atoms with E-state index in [4.69, 9.17) is 10.5 Å². The Morgan fingerprint density at radius 1 is 1.18 bits per heavy atom. The first-order valence-corrected chi connectivity index (χ1v) is 5.40. The lowest BCUT2D eigenvalue weighted by Gasteiger charge is -2.16. The number of nitrogens with two attached hydrogens (primary N) is 1. The summed E-state index contributed by atoms with van der Waals surface area (Å²) < 4.78 is 5.30. The third kappa shape index (κ3) is 1.65. The molecule has 17 heavy (non-hydrogen) atoms. The van der Waals surface area contributed by atoms with Gasteiger partial charge < -0.3 is 10.5 Å². The summed E-state index contributed by atoms with van der Waals surface area (Å²) >= 11 is 0. The summed E-state index contributed by atoms with van der Waals surface area (Å²) in [7, 11) is 0. The Kier molecular flexibility index (Phi) is 2.11. The standard InChI is InChI=1S/C14H11NO2/c15-14(16)13-7-11-5-9-3-1-2-4-10(9)6-12(11)8-17-13/h1-7H,8H2,(H2,15,16). The van der Waals surface area contributed by atoms with Crippen LogP contribution in [0.2, 0.25) is 0 Å². The van der Waals surface area contributed by atoms with Crippen molar-refractivity contribution in [3.63, 3.8) is 0 Å². The molecule has 0 saturated carbocycles. The molecular formula is C14H11NO2. The Balaban J connectivity index is 2.20. The van der Waals surface area contributed by atoms with Crippen LogP contribution in [0.25, 0.3) is 16.8 Å². The van der Waals surface area contributed by atoms with Crippen LogP contribution in [-0.2, 0) is 16.1 Å². The molecule has 2 aromatic rings. The van der Waals surface area contributed by atoms with E-state index in [0.29, 0.717) is 6.61 Å². The van der Waals surface area contributed by atoms with Crippen LogP contribution in [0.3, 0.4) is 0 Å². The van der Waals surface area contributed by atoms with Gasteiger partial charge in [0.25, 0.3) is 5.91 Å². The van der Waals surface area contributed by atoms with E-state index in [-0.39, 0.29) is 5.76 Å². The predicted octanol–water partition coefficient (Wildman–Crippen LogP) is 2.20. The maximum Gasteiger partial charge on any atom is 0.283 e. The third-order valence-electron chi connectivity index (χ3n) is 2.92. The quantitative estimate of drug-likeness (QED) is 0.808. The molecule has 0 atom stereocenters. The number of carbonyl (C=O) groups excluding carboxylic acids is 1. The van der Waals surface area contributed by atoms with Gasteiger partial charge in [-0.25, -0.2) is 0 Å². The lowest BCUT2D eigenvalue weighted by atomic mass is 9.99. The van der Waals surface area contributed by atoms with Crippen molar-refractivity contribution in [1.82, 2.24) is 0 Å². The van der Waals surface area contributed by atoms with Crippen LogP contribution in [0.4, 0.5) is 0 Å². The number of ether oxygens (including phenoxy) is 1. The molecular weight excluding hydrogens is 214 g/mol. The van der Waals surface area contributed by atoms with E-state index in [9.17, 15) is 4.79 Å². The van der Waals surface area contributed by atoms with Crippen LogP contribution >= 0.6 is 0 Å². The van der Waals surface area contributed by atoms with Gasteiger partial charge in [0.2, 0.25) is 0 Å².